The van der Waals surface area contributed by atoms with Crippen molar-refractivity contribution in [3.05, 3.63) is 65.5 Å². The van der Waals surface area contributed by atoms with Crippen LogP contribution in [0.1, 0.15) is 45.2 Å². The molecule has 0 radical (unpaired) electrons. The second-order valence-corrected chi connectivity index (χ2v) is 12.0. The van der Waals surface area contributed by atoms with Crippen molar-refractivity contribution in [1.82, 2.24) is 14.5 Å². The summed E-state index contributed by atoms with van der Waals surface area (Å²) in [6, 6.07) is 11.6. The molecule has 0 aromatic heterocycles. The zero-order valence-electron chi connectivity index (χ0n) is 22.1. The van der Waals surface area contributed by atoms with Gasteiger partial charge in [-0.1, -0.05) is 36.8 Å². The lowest BCUT2D eigenvalue weighted by molar-refractivity contribution is -0.141. The average molecular weight is 521 g/mol. The summed E-state index contributed by atoms with van der Waals surface area (Å²) in [7, 11) is -1.39. The fourth-order valence-electron chi connectivity index (χ4n) is 3.59. The van der Waals surface area contributed by atoms with Crippen LogP contribution >= 0.6 is 0 Å². The van der Waals surface area contributed by atoms with Crippen LogP contribution < -0.4 is 9.62 Å². The number of nitrogens with zero attached hydrogens (tertiary/aromatic N) is 3. The van der Waals surface area contributed by atoms with Crippen LogP contribution in [-0.4, -0.2) is 61.7 Å². The molecule has 0 saturated heterocycles. The monoisotopic (exact) mass is 520 g/mol. The second-order valence-electron chi connectivity index (χ2n) is 9.94. The largest absolute Gasteiger partial charge is 0.350 e. The maximum absolute atomic E-state index is 13.8. The topological polar surface area (TPSA) is 90.0 Å². The highest BCUT2D eigenvalue weighted by atomic mass is 32.2. The molecule has 0 aliphatic rings. The number of rotatable bonds is 10. The molecule has 2 aromatic carbocycles. The molecule has 0 aliphatic carbocycles. The van der Waals surface area contributed by atoms with Gasteiger partial charge in [0, 0.05) is 26.2 Å². The van der Waals surface area contributed by atoms with Crippen molar-refractivity contribution < 1.29 is 22.4 Å². The van der Waals surface area contributed by atoms with Gasteiger partial charge in [0.2, 0.25) is 11.8 Å². The smallest absolute Gasteiger partial charge is 0.304 e. The Morgan fingerprint density at radius 3 is 2.03 bits per heavy atom. The Bertz CT molecular complexity index is 1140. The number of aryl methyl sites for hydroxylation is 1. The fraction of sp³-hybridized carbons (Fsp3) is 0.462. The number of benzene rings is 2. The van der Waals surface area contributed by atoms with Gasteiger partial charge in [0.15, 0.2) is 0 Å². The molecule has 0 spiro atoms. The van der Waals surface area contributed by atoms with Crippen LogP contribution in [0.5, 0.6) is 0 Å². The van der Waals surface area contributed by atoms with E-state index in [-0.39, 0.29) is 18.1 Å². The number of nitrogens with one attached hydrogen (secondary N) is 1. The van der Waals surface area contributed by atoms with Crippen molar-refractivity contribution >= 4 is 27.7 Å². The first-order valence-electron chi connectivity index (χ1n) is 11.8. The van der Waals surface area contributed by atoms with Gasteiger partial charge in [-0.3, -0.25) is 9.59 Å². The number of carbonyl (C=O) groups excluding carboxylic acids is 2. The SMILES string of the molecule is CCC(C(=O)NC(C)(C)C)N(Cc1ccc(C)cc1)C(=O)CN(c1ccc(F)cc1)S(=O)(=O)N(C)C. The van der Waals surface area contributed by atoms with Crippen molar-refractivity contribution in [1.29, 1.82) is 0 Å². The summed E-state index contributed by atoms with van der Waals surface area (Å²) < 4.78 is 41.7. The van der Waals surface area contributed by atoms with E-state index in [1.54, 1.807) is 6.92 Å². The molecule has 10 heteroatoms. The Kier molecular flexibility index (Phi) is 9.62. The molecule has 1 atom stereocenters. The number of carbonyl (C=O) groups is 2. The molecule has 1 unspecified atom stereocenters. The van der Waals surface area contributed by atoms with Crippen LogP contribution in [0.25, 0.3) is 0 Å². The molecular weight excluding hydrogens is 483 g/mol. The summed E-state index contributed by atoms with van der Waals surface area (Å²) in [4.78, 5) is 28.4. The standard InChI is InChI=1S/C26H37FN4O4S/c1-8-23(25(33)28-26(3,4)5)30(17-20-11-9-19(2)10-12-20)24(32)18-31(36(34,35)29(6)7)22-15-13-21(27)14-16-22/h9-16,23H,8,17-18H2,1-7H3,(H,28,33). The molecule has 2 aromatic rings. The van der Waals surface area contributed by atoms with Gasteiger partial charge in [0.1, 0.15) is 18.4 Å². The number of hydrogen-bond donors (Lipinski definition) is 1. The minimum absolute atomic E-state index is 0.119. The fourth-order valence-corrected chi connectivity index (χ4v) is 4.64. The first kappa shape index (κ1) is 29.3. The van der Waals surface area contributed by atoms with Gasteiger partial charge in [-0.15, -0.1) is 0 Å². The highest BCUT2D eigenvalue weighted by molar-refractivity contribution is 7.90. The van der Waals surface area contributed by atoms with Crippen molar-refractivity contribution in [3.8, 4) is 0 Å². The first-order valence-corrected chi connectivity index (χ1v) is 13.2. The van der Waals surface area contributed by atoms with Gasteiger partial charge in [0.25, 0.3) is 0 Å². The van der Waals surface area contributed by atoms with E-state index in [0.717, 1.165) is 31.9 Å². The zero-order valence-corrected chi connectivity index (χ0v) is 22.9. The number of amides is 2. The van der Waals surface area contributed by atoms with E-state index in [1.807, 2.05) is 52.0 Å². The normalized spacial score (nSPS) is 12.8. The van der Waals surface area contributed by atoms with E-state index >= 15 is 0 Å². The number of halogens is 1. The van der Waals surface area contributed by atoms with Gasteiger partial charge >= 0.3 is 10.2 Å². The molecule has 2 rings (SSSR count). The molecule has 0 aliphatic heterocycles. The van der Waals surface area contributed by atoms with Crippen molar-refractivity contribution in [2.75, 3.05) is 24.9 Å². The Balaban J connectivity index is 2.50. The molecule has 0 bridgehead atoms. The molecule has 2 amide bonds. The van der Waals surface area contributed by atoms with Gasteiger partial charge in [0.05, 0.1) is 5.69 Å². The van der Waals surface area contributed by atoms with E-state index < -0.39 is 40.1 Å². The number of anilines is 1. The van der Waals surface area contributed by atoms with Crippen LogP contribution in [0.15, 0.2) is 48.5 Å². The van der Waals surface area contributed by atoms with Gasteiger partial charge in [-0.25, -0.2) is 8.70 Å². The summed E-state index contributed by atoms with van der Waals surface area (Å²) in [6.07, 6.45) is 0.330. The summed E-state index contributed by atoms with van der Waals surface area (Å²) in [6.45, 7) is 8.87. The summed E-state index contributed by atoms with van der Waals surface area (Å²) in [5.74, 6) is -1.41. The zero-order chi connectivity index (χ0) is 27.3. The summed E-state index contributed by atoms with van der Waals surface area (Å²) >= 11 is 0. The lowest BCUT2D eigenvalue weighted by atomic mass is 10.1. The lowest BCUT2D eigenvalue weighted by Gasteiger charge is -2.35. The van der Waals surface area contributed by atoms with Crippen LogP contribution in [0.4, 0.5) is 10.1 Å². The highest BCUT2D eigenvalue weighted by Gasteiger charge is 2.34. The van der Waals surface area contributed by atoms with Crippen molar-refractivity contribution in [2.24, 2.45) is 0 Å². The van der Waals surface area contributed by atoms with E-state index in [2.05, 4.69) is 5.32 Å². The molecule has 8 nitrogen and oxygen atoms in total. The second kappa shape index (κ2) is 11.8. The first-order chi connectivity index (χ1) is 16.7. The Labute approximate surface area is 214 Å². The lowest BCUT2D eigenvalue weighted by Crippen LogP contribution is -2.55. The predicted molar refractivity (Wildman–Crippen MR) is 140 cm³/mol. The molecular formula is C26H37FN4O4S. The summed E-state index contributed by atoms with van der Waals surface area (Å²) in [5, 5.41) is 2.93. The Morgan fingerprint density at radius 2 is 1.56 bits per heavy atom. The van der Waals surface area contributed by atoms with E-state index in [9.17, 15) is 22.4 Å². The minimum atomic E-state index is -4.10. The van der Waals surface area contributed by atoms with Crippen LogP contribution in [0.3, 0.4) is 0 Å². The highest BCUT2D eigenvalue weighted by Crippen LogP contribution is 2.22. The maximum atomic E-state index is 13.8. The molecule has 198 valence electrons. The third-order valence-electron chi connectivity index (χ3n) is 5.49. The van der Waals surface area contributed by atoms with E-state index in [0.29, 0.717) is 6.42 Å². The molecule has 36 heavy (non-hydrogen) atoms. The molecule has 1 N–H and O–H groups in total. The third kappa shape index (κ3) is 7.76. The van der Waals surface area contributed by atoms with Gasteiger partial charge in [-0.2, -0.15) is 12.7 Å². The van der Waals surface area contributed by atoms with Gasteiger partial charge < -0.3 is 10.2 Å². The third-order valence-corrected chi connectivity index (χ3v) is 7.31. The minimum Gasteiger partial charge on any atom is -0.350 e. The molecule has 0 heterocycles. The van der Waals surface area contributed by atoms with Gasteiger partial charge in [-0.05, 0) is 63.9 Å². The van der Waals surface area contributed by atoms with Crippen LogP contribution in [0, 0.1) is 12.7 Å². The molecule has 0 saturated carbocycles. The van der Waals surface area contributed by atoms with Crippen molar-refractivity contribution in [2.45, 2.75) is 59.2 Å². The Hall–Kier alpha value is -2.98. The average Bonchev–Trinajstić information content (AvgIpc) is 2.77. The Morgan fingerprint density at radius 1 is 1.00 bits per heavy atom. The van der Waals surface area contributed by atoms with E-state index in [1.165, 1.54) is 31.1 Å². The maximum Gasteiger partial charge on any atom is 0.304 e. The van der Waals surface area contributed by atoms with Crippen molar-refractivity contribution in [3.63, 3.8) is 0 Å². The summed E-state index contributed by atoms with van der Waals surface area (Å²) in [5.41, 5.74) is 1.48. The quantitative estimate of drug-likeness (QED) is 0.520. The van der Waals surface area contributed by atoms with Crippen LogP contribution in [-0.2, 0) is 26.3 Å². The number of hydrogen-bond acceptors (Lipinski definition) is 4. The molecule has 0 fully saturated rings. The predicted octanol–water partition coefficient (Wildman–Crippen LogP) is 3.47. The van der Waals surface area contributed by atoms with E-state index in [4.69, 9.17) is 0 Å². The van der Waals surface area contributed by atoms with Crippen LogP contribution in [0.2, 0.25) is 0 Å².